The monoisotopic (exact) mass is 1470 g/mol. The Kier molecular flexibility index (Phi) is 69.9. The normalized spacial score (nSPS) is 14.5. The molecule has 0 fully saturated rings. The van der Waals surface area contributed by atoms with Crippen molar-refractivity contribution in [3.63, 3.8) is 0 Å². The van der Waals surface area contributed by atoms with E-state index >= 15 is 0 Å². The van der Waals surface area contributed by atoms with E-state index in [0.29, 0.717) is 25.7 Å². The van der Waals surface area contributed by atoms with Gasteiger partial charge in [0.15, 0.2) is 12.2 Å². The van der Waals surface area contributed by atoms with Crippen molar-refractivity contribution in [2.75, 3.05) is 39.6 Å². The zero-order valence-electron chi connectivity index (χ0n) is 65.7. The van der Waals surface area contributed by atoms with Crippen LogP contribution in [-0.4, -0.2) is 96.7 Å². The van der Waals surface area contributed by atoms with E-state index < -0.39 is 97.5 Å². The minimum Gasteiger partial charge on any atom is -0.462 e. The average molecular weight is 1470 g/mol. The number of carbonyl (C=O) groups is 4. The van der Waals surface area contributed by atoms with Gasteiger partial charge in [0.25, 0.3) is 0 Å². The minimum atomic E-state index is -4.96. The summed E-state index contributed by atoms with van der Waals surface area (Å²) in [5.41, 5.74) is 0. The molecule has 100 heavy (non-hydrogen) atoms. The van der Waals surface area contributed by atoms with Crippen LogP contribution in [0.15, 0.2) is 0 Å². The first-order valence-electron chi connectivity index (χ1n) is 41.9. The number of unbranched alkanes of at least 4 members (excludes halogenated alkanes) is 45. The third-order valence-corrected chi connectivity index (χ3v) is 21.5. The molecule has 0 amide bonds. The topological polar surface area (TPSA) is 237 Å². The Morgan fingerprint density at radius 1 is 0.290 bits per heavy atom. The minimum absolute atomic E-state index is 0.106. The molecule has 0 rings (SSSR count). The van der Waals surface area contributed by atoms with Crippen molar-refractivity contribution < 1.29 is 80.2 Å². The molecule has 0 bridgehead atoms. The molecule has 4 unspecified atom stereocenters. The van der Waals surface area contributed by atoms with Crippen LogP contribution in [0.1, 0.15) is 421 Å². The molecule has 0 aliphatic rings. The number of phosphoric ester groups is 2. The maximum Gasteiger partial charge on any atom is 0.472 e. The summed E-state index contributed by atoms with van der Waals surface area (Å²) in [4.78, 5) is 73.0. The lowest BCUT2D eigenvalue weighted by molar-refractivity contribution is -0.161. The Balaban J connectivity index is 5.21. The summed E-state index contributed by atoms with van der Waals surface area (Å²) in [7, 11) is -9.92. The van der Waals surface area contributed by atoms with Crippen LogP contribution >= 0.6 is 15.6 Å². The van der Waals surface area contributed by atoms with E-state index in [9.17, 15) is 43.2 Å². The van der Waals surface area contributed by atoms with Crippen molar-refractivity contribution in [1.29, 1.82) is 0 Å². The fourth-order valence-corrected chi connectivity index (χ4v) is 14.0. The van der Waals surface area contributed by atoms with Gasteiger partial charge in [-0.1, -0.05) is 370 Å². The van der Waals surface area contributed by atoms with Gasteiger partial charge in [-0.05, 0) is 43.4 Å². The number of esters is 4. The summed E-state index contributed by atoms with van der Waals surface area (Å²) in [6.07, 6.45) is 59.7. The fraction of sp³-hybridized carbons (Fsp3) is 0.951. The van der Waals surface area contributed by atoms with Crippen molar-refractivity contribution in [3.8, 4) is 0 Å². The second kappa shape index (κ2) is 71.3. The molecule has 0 aromatic carbocycles. The van der Waals surface area contributed by atoms with Gasteiger partial charge in [0.2, 0.25) is 0 Å². The van der Waals surface area contributed by atoms with Gasteiger partial charge in [0, 0.05) is 25.7 Å². The lowest BCUT2D eigenvalue weighted by atomic mass is 9.99. The molecule has 0 radical (unpaired) electrons. The zero-order chi connectivity index (χ0) is 73.7. The molecule has 0 aromatic rings. The van der Waals surface area contributed by atoms with Gasteiger partial charge in [-0.15, -0.1) is 0 Å². The quantitative estimate of drug-likeness (QED) is 0.0222. The van der Waals surface area contributed by atoms with Gasteiger partial charge >= 0.3 is 39.5 Å². The van der Waals surface area contributed by atoms with Crippen LogP contribution < -0.4 is 0 Å². The Labute approximate surface area is 613 Å². The van der Waals surface area contributed by atoms with Crippen LogP contribution in [0.2, 0.25) is 0 Å². The summed E-state index contributed by atoms with van der Waals surface area (Å²) < 4.78 is 68.7. The fourth-order valence-electron chi connectivity index (χ4n) is 12.4. The number of hydrogen-bond donors (Lipinski definition) is 3. The van der Waals surface area contributed by atoms with Crippen LogP contribution in [0, 0.1) is 17.8 Å². The number of aliphatic hydroxyl groups excluding tert-OH is 1. The largest absolute Gasteiger partial charge is 0.472 e. The number of aliphatic hydroxyl groups is 1. The molecule has 0 heterocycles. The molecular weight excluding hydrogens is 1310 g/mol. The molecular formula is C81H158O17P2. The molecule has 0 saturated heterocycles. The second-order valence-corrected chi connectivity index (χ2v) is 33.0. The summed E-state index contributed by atoms with van der Waals surface area (Å²) in [6.45, 7) is 12.0. The van der Waals surface area contributed by atoms with Crippen LogP contribution in [0.3, 0.4) is 0 Å². The summed E-state index contributed by atoms with van der Waals surface area (Å²) in [5, 5.41) is 10.6. The third-order valence-electron chi connectivity index (χ3n) is 19.6. The smallest absolute Gasteiger partial charge is 0.462 e. The van der Waals surface area contributed by atoms with E-state index in [1.165, 1.54) is 225 Å². The molecule has 0 saturated carbocycles. The highest BCUT2D eigenvalue weighted by Gasteiger charge is 2.30. The molecule has 3 N–H and O–H groups in total. The van der Waals surface area contributed by atoms with Gasteiger partial charge in [-0.2, -0.15) is 0 Å². The molecule has 0 aliphatic heterocycles. The first-order chi connectivity index (χ1) is 48.3. The summed E-state index contributed by atoms with van der Waals surface area (Å²) in [6, 6.07) is 0. The van der Waals surface area contributed by atoms with Gasteiger partial charge < -0.3 is 33.8 Å². The second-order valence-electron chi connectivity index (χ2n) is 30.1. The lowest BCUT2D eigenvalue weighted by Gasteiger charge is -2.21. The zero-order valence-corrected chi connectivity index (χ0v) is 67.5. The van der Waals surface area contributed by atoms with Gasteiger partial charge in [0.1, 0.15) is 19.3 Å². The van der Waals surface area contributed by atoms with Crippen molar-refractivity contribution in [2.24, 2.45) is 17.8 Å². The Hall–Kier alpha value is -1.94. The molecule has 7 atom stereocenters. The average Bonchev–Trinajstić information content (AvgIpc) is 0.970. The molecule has 17 nitrogen and oxygen atoms in total. The standard InChI is InChI=1S/C81H158O17P2/c1-8-11-12-13-14-15-28-36-41-50-57-64-80(85)98-77(69-92-79(84)63-56-49-44-43-47-54-61-74(7)10-3)71-96-100(89,90)94-67-75(82)66-93-99(87,88)95-70-76(68-91-78(83)62-55-48-40-35-31-26-23-22-25-30-34-39-46-53-60-73(6)9-2)97-81(86)65-58-51-42-37-32-27-21-19-17-16-18-20-24-29-33-38-45-52-59-72(4)5/h72-77,82H,8-71H2,1-7H3,(H,87,88)(H,89,90)/t73?,74?,75-,76-,77-/m1/s1. The van der Waals surface area contributed by atoms with Crippen molar-refractivity contribution >= 4 is 39.5 Å². The molecule has 0 spiro atoms. The molecule has 594 valence electrons. The highest BCUT2D eigenvalue weighted by atomic mass is 31.2. The lowest BCUT2D eigenvalue weighted by Crippen LogP contribution is -2.30. The third kappa shape index (κ3) is 71.7. The number of carbonyl (C=O) groups excluding carboxylic acids is 4. The number of hydrogen-bond acceptors (Lipinski definition) is 15. The van der Waals surface area contributed by atoms with Gasteiger partial charge in [-0.3, -0.25) is 37.3 Å². The van der Waals surface area contributed by atoms with Gasteiger partial charge in [-0.25, -0.2) is 9.13 Å². The number of rotatable bonds is 79. The van der Waals surface area contributed by atoms with E-state index in [-0.39, 0.29) is 25.7 Å². The number of phosphoric acid groups is 2. The predicted molar refractivity (Wildman–Crippen MR) is 409 cm³/mol. The summed E-state index contributed by atoms with van der Waals surface area (Å²) >= 11 is 0. The molecule has 19 heteroatoms. The first-order valence-corrected chi connectivity index (χ1v) is 44.9. The Morgan fingerprint density at radius 3 is 0.760 bits per heavy atom. The SMILES string of the molecule is CCCCCCCCCCCCCC(=O)O[C@H](COC(=O)CCCCCCCCC(C)CC)COP(=O)(O)OC[C@H](O)COP(=O)(O)OC[C@@H](COC(=O)CCCCCCCCCCCCCCCCC(C)CC)OC(=O)CCCCCCCCCCCCCCCCCCCCC(C)C. The maximum atomic E-state index is 13.1. The highest BCUT2D eigenvalue weighted by molar-refractivity contribution is 7.47. The van der Waals surface area contributed by atoms with E-state index in [1.54, 1.807) is 0 Å². The van der Waals surface area contributed by atoms with Gasteiger partial charge in [0.05, 0.1) is 26.4 Å². The van der Waals surface area contributed by atoms with E-state index in [0.717, 1.165) is 114 Å². The van der Waals surface area contributed by atoms with Crippen LogP contribution in [0.5, 0.6) is 0 Å². The Morgan fingerprint density at radius 2 is 0.510 bits per heavy atom. The van der Waals surface area contributed by atoms with E-state index in [1.807, 2.05) is 0 Å². The van der Waals surface area contributed by atoms with E-state index in [4.69, 9.17) is 37.0 Å². The summed E-state index contributed by atoms with van der Waals surface area (Å²) in [5.74, 6) is 0.289. The van der Waals surface area contributed by atoms with Crippen molar-refractivity contribution in [1.82, 2.24) is 0 Å². The Bertz CT molecular complexity index is 1940. The maximum absolute atomic E-state index is 13.1. The predicted octanol–water partition coefficient (Wildman–Crippen LogP) is 24.1. The molecule has 0 aromatic heterocycles. The van der Waals surface area contributed by atoms with Crippen LogP contribution in [0.25, 0.3) is 0 Å². The van der Waals surface area contributed by atoms with Crippen LogP contribution in [0.4, 0.5) is 0 Å². The van der Waals surface area contributed by atoms with Crippen molar-refractivity contribution in [3.05, 3.63) is 0 Å². The number of ether oxygens (including phenoxy) is 4. The van der Waals surface area contributed by atoms with E-state index in [2.05, 4.69) is 48.5 Å². The molecule has 0 aliphatic carbocycles. The van der Waals surface area contributed by atoms with Crippen LogP contribution in [-0.2, 0) is 65.4 Å². The van der Waals surface area contributed by atoms with Crippen molar-refractivity contribution in [2.45, 2.75) is 439 Å². The first kappa shape index (κ1) is 98.1. The highest BCUT2D eigenvalue weighted by Crippen LogP contribution is 2.45.